The molecule has 9 heavy (non-hydrogen) atoms. The van der Waals surface area contributed by atoms with E-state index in [0.717, 1.165) is 5.57 Å². The third-order valence-corrected chi connectivity index (χ3v) is 2.54. The summed E-state index contributed by atoms with van der Waals surface area (Å²) in [7, 11) is 0. The SMILES string of the molecule is C=C1C(=O)N2C=CS[C@@H]12. The van der Waals surface area contributed by atoms with Gasteiger partial charge in [0.15, 0.2) is 0 Å². The van der Waals surface area contributed by atoms with Crippen LogP contribution in [0, 0.1) is 0 Å². The van der Waals surface area contributed by atoms with E-state index in [1.54, 1.807) is 22.9 Å². The highest BCUT2D eigenvalue weighted by Crippen LogP contribution is 2.38. The van der Waals surface area contributed by atoms with Crippen molar-refractivity contribution >= 4 is 17.7 Å². The summed E-state index contributed by atoms with van der Waals surface area (Å²) in [5.41, 5.74) is 0.727. The van der Waals surface area contributed by atoms with E-state index in [1.807, 2.05) is 5.41 Å². The standard InChI is InChI=1S/C6H5NOS/c1-4-5(8)7-2-3-9-6(4)7/h2-3,6H,1H2/t6-/m0/s1. The number of fused-ring (bicyclic) bond motifs is 1. The number of carbonyl (C=O) groups is 1. The molecule has 3 heteroatoms. The van der Waals surface area contributed by atoms with E-state index in [2.05, 4.69) is 6.58 Å². The summed E-state index contributed by atoms with van der Waals surface area (Å²) in [6.07, 6.45) is 1.80. The summed E-state index contributed by atoms with van der Waals surface area (Å²) < 4.78 is 0. The van der Waals surface area contributed by atoms with Crippen molar-refractivity contribution in [3.8, 4) is 0 Å². The maximum Gasteiger partial charge on any atom is 0.257 e. The average Bonchev–Trinajstić information content (AvgIpc) is 2.30. The third kappa shape index (κ3) is 0.452. The largest absolute Gasteiger partial charge is 0.298 e. The number of rotatable bonds is 0. The number of thioether (sulfide) groups is 1. The van der Waals surface area contributed by atoms with Crippen LogP contribution in [0.4, 0.5) is 0 Å². The van der Waals surface area contributed by atoms with Gasteiger partial charge in [0.05, 0.1) is 0 Å². The maximum absolute atomic E-state index is 10.8. The normalized spacial score (nSPS) is 30.7. The third-order valence-electron chi connectivity index (χ3n) is 1.49. The van der Waals surface area contributed by atoms with Crippen LogP contribution < -0.4 is 0 Å². The summed E-state index contributed by atoms with van der Waals surface area (Å²) in [6.45, 7) is 3.63. The molecule has 0 N–H and O–H groups in total. The number of hydrogen-bond acceptors (Lipinski definition) is 2. The van der Waals surface area contributed by atoms with Crippen molar-refractivity contribution in [1.82, 2.24) is 4.90 Å². The molecule has 0 bridgehead atoms. The van der Waals surface area contributed by atoms with Gasteiger partial charge in [0, 0.05) is 11.8 Å². The van der Waals surface area contributed by atoms with Gasteiger partial charge >= 0.3 is 0 Å². The van der Waals surface area contributed by atoms with Crippen LogP contribution in [0.25, 0.3) is 0 Å². The van der Waals surface area contributed by atoms with Crippen LogP contribution in [0.3, 0.4) is 0 Å². The molecule has 1 atom stereocenters. The molecular formula is C6H5NOS. The second kappa shape index (κ2) is 1.42. The Labute approximate surface area is 57.2 Å². The van der Waals surface area contributed by atoms with Gasteiger partial charge in [-0.05, 0) is 5.41 Å². The minimum Gasteiger partial charge on any atom is -0.298 e. The van der Waals surface area contributed by atoms with Crippen LogP contribution in [0.2, 0.25) is 0 Å². The Morgan fingerprint density at radius 2 is 2.56 bits per heavy atom. The fourth-order valence-electron chi connectivity index (χ4n) is 0.948. The second-order valence-corrected chi connectivity index (χ2v) is 3.00. The molecule has 1 fully saturated rings. The first-order chi connectivity index (χ1) is 4.30. The Morgan fingerprint density at radius 3 is 3.22 bits per heavy atom. The zero-order chi connectivity index (χ0) is 6.43. The first-order valence-electron chi connectivity index (χ1n) is 2.64. The summed E-state index contributed by atoms with van der Waals surface area (Å²) in [5.74, 6) is 0.0706. The van der Waals surface area contributed by atoms with Crippen LogP contribution in [0.15, 0.2) is 23.8 Å². The van der Waals surface area contributed by atoms with Gasteiger partial charge in [-0.2, -0.15) is 0 Å². The highest BCUT2D eigenvalue weighted by atomic mass is 32.2. The van der Waals surface area contributed by atoms with Crippen molar-refractivity contribution in [3.63, 3.8) is 0 Å². The van der Waals surface area contributed by atoms with E-state index in [0.29, 0.717) is 0 Å². The molecule has 0 aromatic rings. The summed E-state index contributed by atoms with van der Waals surface area (Å²) in [6, 6.07) is 0. The van der Waals surface area contributed by atoms with E-state index in [-0.39, 0.29) is 11.3 Å². The van der Waals surface area contributed by atoms with Crippen molar-refractivity contribution in [2.45, 2.75) is 5.37 Å². The summed E-state index contributed by atoms with van der Waals surface area (Å²) >= 11 is 1.63. The molecule has 46 valence electrons. The van der Waals surface area contributed by atoms with Gasteiger partial charge in [0.2, 0.25) is 0 Å². The summed E-state index contributed by atoms with van der Waals surface area (Å²) in [5, 5.41) is 2.15. The van der Waals surface area contributed by atoms with Crippen molar-refractivity contribution in [2.24, 2.45) is 0 Å². The number of amides is 1. The van der Waals surface area contributed by atoms with E-state index in [9.17, 15) is 4.79 Å². The smallest absolute Gasteiger partial charge is 0.257 e. The second-order valence-electron chi connectivity index (χ2n) is 2.01. The highest BCUT2D eigenvalue weighted by Gasteiger charge is 2.41. The molecule has 2 aliphatic rings. The van der Waals surface area contributed by atoms with Gasteiger partial charge in [0.25, 0.3) is 5.91 Å². The van der Waals surface area contributed by atoms with Crippen LogP contribution in [-0.2, 0) is 4.79 Å². The Hall–Kier alpha value is -0.700. The van der Waals surface area contributed by atoms with Crippen molar-refractivity contribution < 1.29 is 4.79 Å². The molecular weight excluding hydrogens is 134 g/mol. The quantitative estimate of drug-likeness (QED) is 0.367. The molecule has 2 aliphatic heterocycles. The van der Waals surface area contributed by atoms with Crippen molar-refractivity contribution in [3.05, 3.63) is 23.8 Å². The lowest BCUT2D eigenvalue weighted by molar-refractivity contribution is -0.130. The van der Waals surface area contributed by atoms with Crippen molar-refractivity contribution in [2.75, 3.05) is 0 Å². The van der Waals surface area contributed by atoms with E-state index in [1.165, 1.54) is 0 Å². The number of β-lactam (4-membered cyclic amide) rings is 1. The van der Waals surface area contributed by atoms with Crippen LogP contribution in [-0.4, -0.2) is 16.2 Å². The molecule has 1 amide bonds. The van der Waals surface area contributed by atoms with Gasteiger partial charge in [0.1, 0.15) is 5.37 Å². The Balaban J connectivity index is 2.31. The van der Waals surface area contributed by atoms with Gasteiger partial charge < -0.3 is 0 Å². The molecule has 2 heterocycles. The molecule has 2 rings (SSSR count). The minimum absolute atomic E-state index is 0.0706. The zero-order valence-corrected chi connectivity index (χ0v) is 5.52. The fourth-order valence-corrected chi connectivity index (χ4v) is 1.86. The molecule has 0 saturated carbocycles. The average molecular weight is 139 g/mol. The fraction of sp³-hybridized carbons (Fsp3) is 0.167. The Kier molecular flexibility index (Phi) is 0.805. The van der Waals surface area contributed by atoms with Crippen LogP contribution in [0.5, 0.6) is 0 Å². The first-order valence-corrected chi connectivity index (χ1v) is 3.58. The van der Waals surface area contributed by atoms with Gasteiger partial charge in [-0.3, -0.25) is 9.69 Å². The molecule has 0 aromatic heterocycles. The minimum atomic E-state index is 0.0706. The molecule has 0 radical (unpaired) electrons. The number of nitrogens with zero attached hydrogens (tertiary/aromatic N) is 1. The van der Waals surface area contributed by atoms with E-state index < -0.39 is 0 Å². The van der Waals surface area contributed by atoms with Crippen LogP contribution >= 0.6 is 11.8 Å². The Morgan fingerprint density at radius 1 is 1.78 bits per heavy atom. The molecule has 0 unspecified atom stereocenters. The van der Waals surface area contributed by atoms with Gasteiger partial charge in [-0.15, -0.1) is 11.8 Å². The van der Waals surface area contributed by atoms with Gasteiger partial charge in [-0.1, -0.05) is 6.58 Å². The predicted octanol–water partition coefficient (Wildman–Crippen LogP) is 0.929. The lowest BCUT2D eigenvalue weighted by atomic mass is 10.1. The Bertz CT molecular complexity index is 221. The number of hydrogen-bond donors (Lipinski definition) is 0. The molecule has 0 spiro atoms. The molecule has 1 saturated heterocycles. The molecule has 2 nitrogen and oxygen atoms in total. The number of carbonyl (C=O) groups excluding carboxylic acids is 1. The van der Waals surface area contributed by atoms with Crippen molar-refractivity contribution in [1.29, 1.82) is 0 Å². The van der Waals surface area contributed by atoms with E-state index >= 15 is 0 Å². The van der Waals surface area contributed by atoms with Gasteiger partial charge in [-0.25, -0.2) is 0 Å². The molecule has 0 aliphatic carbocycles. The monoisotopic (exact) mass is 139 g/mol. The predicted molar refractivity (Wildman–Crippen MR) is 36.5 cm³/mol. The topological polar surface area (TPSA) is 20.3 Å². The first kappa shape index (κ1) is 5.11. The van der Waals surface area contributed by atoms with E-state index in [4.69, 9.17) is 0 Å². The maximum atomic E-state index is 10.8. The lowest BCUT2D eigenvalue weighted by Crippen LogP contribution is -2.46. The highest BCUT2D eigenvalue weighted by molar-refractivity contribution is 8.03. The summed E-state index contributed by atoms with van der Waals surface area (Å²) in [4.78, 5) is 12.5. The van der Waals surface area contributed by atoms with Crippen LogP contribution in [0.1, 0.15) is 0 Å². The zero-order valence-electron chi connectivity index (χ0n) is 4.70. The lowest BCUT2D eigenvalue weighted by Gasteiger charge is -2.34. The molecule has 0 aromatic carbocycles.